The number of benzene rings is 1. The Kier molecular flexibility index (Phi) is 5.78. The Bertz CT molecular complexity index is 853. The summed E-state index contributed by atoms with van der Waals surface area (Å²) in [7, 11) is 2.04. The summed E-state index contributed by atoms with van der Waals surface area (Å²) in [5.74, 6) is -0.00279. The van der Waals surface area contributed by atoms with Gasteiger partial charge in [0.25, 0.3) is 5.91 Å². The highest BCUT2D eigenvalue weighted by atomic mass is 32.1. The first-order valence-electron chi connectivity index (χ1n) is 8.79. The van der Waals surface area contributed by atoms with Crippen LogP contribution < -0.4 is 10.2 Å². The van der Waals surface area contributed by atoms with Crippen LogP contribution >= 0.6 is 11.3 Å². The van der Waals surface area contributed by atoms with E-state index in [0.717, 1.165) is 35.7 Å². The molecule has 1 N–H and O–H groups in total. The van der Waals surface area contributed by atoms with E-state index in [0.29, 0.717) is 6.54 Å². The summed E-state index contributed by atoms with van der Waals surface area (Å²) in [5.41, 5.74) is 4.05. The molecule has 0 atom stereocenters. The highest BCUT2D eigenvalue weighted by Crippen LogP contribution is 2.19. The van der Waals surface area contributed by atoms with Crippen LogP contribution in [0.3, 0.4) is 0 Å². The zero-order valence-electron chi connectivity index (χ0n) is 15.5. The van der Waals surface area contributed by atoms with E-state index in [-0.39, 0.29) is 5.91 Å². The minimum Gasteiger partial charge on any atom is -0.373 e. The van der Waals surface area contributed by atoms with Crippen molar-refractivity contribution in [2.75, 3.05) is 25.0 Å². The van der Waals surface area contributed by atoms with Gasteiger partial charge in [0, 0.05) is 42.1 Å². The molecule has 0 aliphatic heterocycles. The Balaban J connectivity index is 1.60. The van der Waals surface area contributed by atoms with Gasteiger partial charge in [0.2, 0.25) is 0 Å². The maximum atomic E-state index is 12.6. The number of aromatic nitrogens is 1. The van der Waals surface area contributed by atoms with Crippen LogP contribution in [0.5, 0.6) is 0 Å². The Morgan fingerprint density at radius 1 is 1.15 bits per heavy atom. The third kappa shape index (κ3) is 4.17. The van der Waals surface area contributed by atoms with Crippen LogP contribution in [-0.2, 0) is 6.54 Å². The van der Waals surface area contributed by atoms with Crippen LogP contribution in [-0.4, -0.2) is 30.6 Å². The number of likely N-dealkylation sites (N-methyl/N-ethyl adjacent to an activating group) is 1. The minimum atomic E-state index is -0.00279. The fourth-order valence-electron chi connectivity index (χ4n) is 3.08. The summed E-state index contributed by atoms with van der Waals surface area (Å²) in [6, 6.07) is 16.4. The molecule has 0 spiro atoms. The number of thiophene rings is 1. The van der Waals surface area contributed by atoms with E-state index < -0.39 is 0 Å². The number of rotatable bonds is 7. The lowest BCUT2D eigenvalue weighted by molar-refractivity contribution is 0.0954. The Morgan fingerprint density at radius 3 is 2.62 bits per heavy atom. The third-order valence-electron chi connectivity index (χ3n) is 4.64. The van der Waals surface area contributed by atoms with Gasteiger partial charge in [-0.1, -0.05) is 24.3 Å². The van der Waals surface area contributed by atoms with Gasteiger partial charge in [-0.05, 0) is 43.5 Å². The van der Waals surface area contributed by atoms with E-state index in [4.69, 9.17) is 0 Å². The van der Waals surface area contributed by atoms with Crippen LogP contribution in [0.25, 0.3) is 0 Å². The van der Waals surface area contributed by atoms with E-state index in [1.807, 2.05) is 38.2 Å². The number of nitrogens with zero attached hydrogens (tertiary/aromatic N) is 2. The lowest BCUT2D eigenvalue weighted by Crippen LogP contribution is -2.33. The predicted molar refractivity (Wildman–Crippen MR) is 109 cm³/mol. The predicted octanol–water partition coefficient (Wildman–Crippen LogP) is 4.08. The van der Waals surface area contributed by atoms with E-state index in [9.17, 15) is 4.79 Å². The zero-order valence-corrected chi connectivity index (χ0v) is 16.3. The molecule has 2 aromatic heterocycles. The molecule has 0 aliphatic carbocycles. The van der Waals surface area contributed by atoms with Crippen LogP contribution in [0.4, 0.5) is 5.69 Å². The fourth-order valence-corrected chi connectivity index (χ4v) is 3.77. The number of aryl methyl sites for hydroxylation is 1. The van der Waals surface area contributed by atoms with Gasteiger partial charge in [-0.15, -0.1) is 11.3 Å². The second kappa shape index (κ2) is 8.23. The maximum Gasteiger partial charge on any atom is 0.253 e. The van der Waals surface area contributed by atoms with Crippen molar-refractivity contribution in [3.05, 3.63) is 75.7 Å². The average Bonchev–Trinajstić information content (AvgIpc) is 3.26. The van der Waals surface area contributed by atoms with Gasteiger partial charge in [-0.3, -0.25) is 4.79 Å². The van der Waals surface area contributed by atoms with Crippen molar-refractivity contribution in [1.82, 2.24) is 9.88 Å². The number of amides is 1. The molecule has 1 amide bonds. The molecule has 3 rings (SSSR count). The van der Waals surface area contributed by atoms with Crippen molar-refractivity contribution in [3.63, 3.8) is 0 Å². The van der Waals surface area contributed by atoms with Crippen LogP contribution in [0, 0.1) is 13.8 Å². The molecule has 5 heteroatoms. The number of carbonyl (C=O) groups is 1. The van der Waals surface area contributed by atoms with Gasteiger partial charge >= 0.3 is 0 Å². The molecule has 26 heavy (non-hydrogen) atoms. The van der Waals surface area contributed by atoms with Gasteiger partial charge < -0.3 is 14.8 Å². The summed E-state index contributed by atoms with van der Waals surface area (Å²) in [4.78, 5) is 16.0. The van der Waals surface area contributed by atoms with Crippen LogP contribution in [0.2, 0.25) is 0 Å². The largest absolute Gasteiger partial charge is 0.373 e. The van der Waals surface area contributed by atoms with E-state index in [1.54, 1.807) is 11.3 Å². The van der Waals surface area contributed by atoms with Crippen molar-refractivity contribution in [1.29, 1.82) is 0 Å². The summed E-state index contributed by atoms with van der Waals surface area (Å²) in [5, 5.41) is 5.13. The molecule has 2 heterocycles. The zero-order chi connectivity index (χ0) is 18.5. The molecular weight excluding hydrogens is 342 g/mol. The molecule has 0 unspecified atom stereocenters. The number of hydrogen-bond acceptors (Lipinski definition) is 3. The number of para-hydroxylation sites is 1. The lowest BCUT2D eigenvalue weighted by Gasteiger charge is -2.19. The first kappa shape index (κ1) is 18.3. The first-order chi connectivity index (χ1) is 12.6. The lowest BCUT2D eigenvalue weighted by atomic mass is 10.2. The maximum absolute atomic E-state index is 12.6. The minimum absolute atomic E-state index is 0.00279. The number of hydrogen-bond donors (Lipinski definition) is 1. The molecule has 0 radical (unpaired) electrons. The molecule has 1 aromatic carbocycles. The van der Waals surface area contributed by atoms with Gasteiger partial charge in [0.1, 0.15) is 0 Å². The van der Waals surface area contributed by atoms with Crippen LogP contribution in [0.15, 0.2) is 53.9 Å². The topological polar surface area (TPSA) is 37.3 Å². The molecule has 0 fully saturated rings. The Hall–Kier alpha value is -2.53. The average molecular weight is 368 g/mol. The molecule has 0 saturated carbocycles. The van der Waals surface area contributed by atoms with Gasteiger partial charge in [0.15, 0.2) is 0 Å². The summed E-state index contributed by atoms with van der Waals surface area (Å²) < 4.78 is 2.21. The van der Waals surface area contributed by atoms with E-state index in [2.05, 4.69) is 51.4 Å². The normalized spacial score (nSPS) is 10.7. The smallest absolute Gasteiger partial charge is 0.253 e. The van der Waals surface area contributed by atoms with Crippen LogP contribution in [0.1, 0.15) is 26.6 Å². The van der Waals surface area contributed by atoms with Gasteiger partial charge in [-0.25, -0.2) is 0 Å². The highest BCUT2D eigenvalue weighted by Gasteiger charge is 2.16. The van der Waals surface area contributed by atoms with Gasteiger partial charge in [0.05, 0.1) is 12.1 Å². The second-order valence-electron chi connectivity index (χ2n) is 6.46. The van der Waals surface area contributed by atoms with Crippen molar-refractivity contribution >= 4 is 22.9 Å². The molecule has 0 aliphatic rings. The molecule has 4 nitrogen and oxygen atoms in total. The summed E-state index contributed by atoms with van der Waals surface area (Å²) in [6.45, 7) is 6.27. The number of carbonyl (C=O) groups excluding carboxylic acids is 1. The quantitative estimate of drug-likeness (QED) is 0.683. The standard InChI is InChI=1S/C21H25N3OS/c1-16-14-20(17(2)24(16)15-19-10-7-13-26-19)21(25)22-11-12-23(3)18-8-5-4-6-9-18/h4-10,13-14H,11-12,15H2,1-3H3,(H,22,25). The monoisotopic (exact) mass is 367 g/mol. The molecule has 0 bridgehead atoms. The van der Waals surface area contributed by atoms with Crippen molar-refractivity contribution < 1.29 is 4.79 Å². The molecular formula is C21H25N3OS. The molecule has 136 valence electrons. The first-order valence-corrected chi connectivity index (χ1v) is 9.67. The summed E-state index contributed by atoms with van der Waals surface area (Å²) >= 11 is 1.74. The van der Waals surface area contributed by atoms with Crippen molar-refractivity contribution in [3.8, 4) is 0 Å². The Morgan fingerprint density at radius 2 is 1.92 bits per heavy atom. The van der Waals surface area contributed by atoms with Crippen molar-refractivity contribution in [2.24, 2.45) is 0 Å². The molecule has 3 aromatic rings. The second-order valence-corrected chi connectivity index (χ2v) is 7.50. The molecule has 0 saturated heterocycles. The Labute approximate surface area is 159 Å². The summed E-state index contributed by atoms with van der Waals surface area (Å²) in [6.07, 6.45) is 0. The number of anilines is 1. The fraction of sp³-hybridized carbons (Fsp3) is 0.286. The SMILES string of the molecule is Cc1cc(C(=O)NCCN(C)c2ccccc2)c(C)n1Cc1cccs1. The van der Waals surface area contributed by atoms with Gasteiger partial charge in [-0.2, -0.15) is 0 Å². The van der Waals surface area contributed by atoms with Crippen molar-refractivity contribution in [2.45, 2.75) is 20.4 Å². The van der Waals surface area contributed by atoms with E-state index >= 15 is 0 Å². The van der Waals surface area contributed by atoms with E-state index in [1.165, 1.54) is 4.88 Å². The number of nitrogens with one attached hydrogen (secondary N) is 1. The highest BCUT2D eigenvalue weighted by molar-refractivity contribution is 7.09. The third-order valence-corrected chi connectivity index (χ3v) is 5.50.